The van der Waals surface area contributed by atoms with E-state index >= 15 is 0 Å². The maximum absolute atomic E-state index is 11.0. The first-order valence-electron chi connectivity index (χ1n) is 6.02. The lowest BCUT2D eigenvalue weighted by Crippen LogP contribution is -1.94. The molecule has 0 bridgehead atoms. The molecular formula is C15H13NO3S. The van der Waals surface area contributed by atoms with Crippen LogP contribution >= 0.6 is 11.8 Å². The summed E-state index contributed by atoms with van der Waals surface area (Å²) in [5.74, 6) is 0.661. The number of hydrogen-bond acceptors (Lipinski definition) is 4. The van der Waals surface area contributed by atoms with E-state index in [0.717, 1.165) is 11.1 Å². The fourth-order valence-corrected chi connectivity index (χ4v) is 2.88. The van der Waals surface area contributed by atoms with Gasteiger partial charge in [-0.05, 0) is 24.1 Å². The van der Waals surface area contributed by atoms with E-state index in [2.05, 4.69) is 0 Å². The number of nitro groups is 1. The summed E-state index contributed by atoms with van der Waals surface area (Å²) in [6, 6.07) is 12.5. The highest BCUT2D eigenvalue weighted by atomic mass is 32.2. The van der Waals surface area contributed by atoms with Crippen LogP contribution in [0.4, 0.5) is 5.69 Å². The van der Waals surface area contributed by atoms with E-state index in [-0.39, 0.29) is 5.69 Å². The Morgan fingerprint density at radius 1 is 1.25 bits per heavy atom. The monoisotopic (exact) mass is 287 g/mol. The zero-order valence-electron chi connectivity index (χ0n) is 10.9. The lowest BCUT2D eigenvalue weighted by Gasteiger charge is -2.06. The van der Waals surface area contributed by atoms with Crippen LogP contribution in [0.1, 0.15) is 21.5 Å². The second-order valence-corrected chi connectivity index (χ2v) is 5.33. The topological polar surface area (TPSA) is 60.2 Å². The van der Waals surface area contributed by atoms with Crippen molar-refractivity contribution < 1.29 is 9.72 Å². The number of thioether (sulfide) groups is 1. The Morgan fingerprint density at radius 3 is 2.65 bits per heavy atom. The Kier molecular flexibility index (Phi) is 4.53. The van der Waals surface area contributed by atoms with Crippen LogP contribution in [-0.4, -0.2) is 11.2 Å². The first kappa shape index (κ1) is 14.3. The summed E-state index contributed by atoms with van der Waals surface area (Å²) in [5.41, 5.74) is 2.60. The molecule has 0 aliphatic rings. The number of rotatable bonds is 5. The zero-order valence-corrected chi connectivity index (χ0v) is 11.7. The number of aldehydes is 1. The number of aryl methyl sites for hydroxylation is 1. The summed E-state index contributed by atoms with van der Waals surface area (Å²) in [6.07, 6.45) is 0.614. The Morgan fingerprint density at radius 2 is 2.00 bits per heavy atom. The normalized spacial score (nSPS) is 10.2. The highest BCUT2D eigenvalue weighted by molar-refractivity contribution is 7.98. The van der Waals surface area contributed by atoms with Crippen molar-refractivity contribution in [1.29, 1.82) is 0 Å². The minimum absolute atomic E-state index is 0.0202. The molecule has 0 amide bonds. The number of carbonyl (C=O) groups is 1. The molecule has 0 N–H and O–H groups in total. The van der Waals surface area contributed by atoms with E-state index in [0.29, 0.717) is 22.5 Å². The van der Waals surface area contributed by atoms with Crippen molar-refractivity contribution in [2.45, 2.75) is 17.6 Å². The van der Waals surface area contributed by atoms with Crippen molar-refractivity contribution >= 4 is 23.7 Å². The molecule has 0 aliphatic heterocycles. The molecule has 2 aromatic carbocycles. The van der Waals surface area contributed by atoms with E-state index in [9.17, 15) is 14.9 Å². The molecule has 0 unspecified atom stereocenters. The van der Waals surface area contributed by atoms with Crippen LogP contribution in [0, 0.1) is 17.0 Å². The molecule has 0 fully saturated rings. The lowest BCUT2D eigenvalue weighted by atomic mass is 10.1. The van der Waals surface area contributed by atoms with Gasteiger partial charge in [0.15, 0.2) is 0 Å². The van der Waals surface area contributed by atoms with E-state index < -0.39 is 4.92 Å². The van der Waals surface area contributed by atoms with Crippen molar-refractivity contribution in [1.82, 2.24) is 0 Å². The summed E-state index contributed by atoms with van der Waals surface area (Å²) in [5, 5.41) is 11.0. The second kappa shape index (κ2) is 6.34. The summed E-state index contributed by atoms with van der Waals surface area (Å²) in [6.45, 7) is 2.01. The van der Waals surface area contributed by atoms with Crippen molar-refractivity contribution in [2.24, 2.45) is 0 Å². The molecule has 4 nitrogen and oxygen atoms in total. The van der Waals surface area contributed by atoms with Crippen LogP contribution in [0.3, 0.4) is 0 Å². The van der Waals surface area contributed by atoms with Crippen molar-refractivity contribution in [2.75, 3.05) is 0 Å². The van der Waals surface area contributed by atoms with Gasteiger partial charge >= 0.3 is 0 Å². The quantitative estimate of drug-likeness (QED) is 0.361. The SMILES string of the molecule is Cc1ccccc1CSc1ccc(C=O)cc1[N+](=O)[O-]. The smallest absolute Gasteiger partial charge is 0.283 e. The average molecular weight is 287 g/mol. The first-order chi connectivity index (χ1) is 9.61. The molecule has 0 aliphatic carbocycles. The predicted molar refractivity (Wildman–Crippen MR) is 79.2 cm³/mol. The van der Waals surface area contributed by atoms with E-state index in [4.69, 9.17) is 0 Å². The molecule has 0 saturated carbocycles. The fraction of sp³-hybridized carbons (Fsp3) is 0.133. The molecule has 0 heterocycles. The standard InChI is InChI=1S/C15H13NO3S/c1-11-4-2-3-5-13(11)10-20-15-7-6-12(9-17)8-14(15)16(18)19/h2-9H,10H2,1H3. The van der Waals surface area contributed by atoms with Gasteiger partial charge in [0.2, 0.25) is 0 Å². The Bertz CT molecular complexity index is 655. The molecule has 0 spiro atoms. The molecule has 20 heavy (non-hydrogen) atoms. The molecule has 2 rings (SSSR count). The van der Waals surface area contributed by atoms with E-state index in [1.54, 1.807) is 12.1 Å². The van der Waals surface area contributed by atoms with Crippen LogP contribution in [0.5, 0.6) is 0 Å². The molecule has 102 valence electrons. The van der Waals surface area contributed by atoms with Gasteiger partial charge in [0, 0.05) is 17.4 Å². The largest absolute Gasteiger partial charge is 0.298 e. The van der Waals surface area contributed by atoms with Crippen LogP contribution in [0.25, 0.3) is 0 Å². The van der Waals surface area contributed by atoms with Crippen LogP contribution in [0.2, 0.25) is 0 Å². The van der Waals surface area contributed by atoms with Crippen LogP contribution in [0.15, 0.2) is 47.4 Å². The first-order valence-corrected chi connectivity index (χ1v) is 7.01. The molecule has 0 saturated heterocycles. The molecule has 0 aromatic heterocycles. The minimum Gasteiger partial charge on any atom is -0.298 e. The van der Waals surface area contributed by atoms with Gasteiger partial charge in [0.25, 0.3) is 5.69 Å². The number of hydrogen-bond donors (Lipinski definition) is 0. The summed E-state index contributed by atoms with van der Waals surface area (Å²) in [7, 11) is 0. The van der Waals surface area contributed by atoms with Gasteiger partial charge in [-0.25, -0.2) is 0 Å². The molecule has 0 atom stereocenters. The molecule has 5 heteroatoms. The maximum Gasteiger partial charge on any atom is 0.283 e. The third-order valence-corrected chi connectivity index (χ3v) is 4.07. The van der Waals surface area contributed by atoms with Crippen LogP contribution < -0.4 is 0 Å². The van der Waals surface area contributed by atoms with Crippen molar-refractivity contribution in [3.8, 4) is 0 Å². The van der Waals surface area contributed by atoms with Gasteiger partial charge < -0.3 is 0 Å². The van der Waals surface area contributed by atoms with Gasteiger partial charge in [0.05, 0.1) is 9.82 Å². The Hall–Kier alpha value is -2.14. The summed E-state index contributed by atoms with van der Waals surface area (Å²) in [4.78, 5) is 21.9. The Labute approximate surface area is 121 Å². The Balaban J connectivity index is 2.23. The second-order valence-electron chi connectivity index (χ2n) is 4.32. The van der Waals surface area contributed by atoms with Gasteiger partial charge in [-0.15, -0.1) is 11.8 Å². The number of nitrogens with zero attached hydrogens (tertiary/aromatic N) is 1. The third-order valence-electron chi connectivity index (χ3n) is 2.96. The van der Waals surface area contributed by atoms with E-state index in [1.165, 1.54) is 17.8 Å². The minimum atomic E-state index is -0.451. The van der Waals surface area contributed by atoms with Crippen LogP contribution in [-0.2, 0) is 5.75 Å². The molecule has 0 radical (unpaired) electrons. The number of nitro benzene ring substituents is 1. The molecule has 2 aromatic rings. The van der Waals surface area contributed by atoms with Crippen molar-refractivity contribution in [3.05, 3.63) is 69.3 Å². The number of benzene rings is 2. The zero-order chi connectivity index (χ0) is 14.5. The average Bonchev–Trinajstić information content (AvgIpc) is 2.46. The predicted octanol–water partition coefficient (Wildman–Crippen LogP) is 4.01. The van der Waals surface area contributed by atoms with Gasteiger partial charge in [0.1, 0.15) is 6.29 Å². The van der Waals surface area contributed by atoms with E-state index in [1.807, 2.05) is 31.2 Å². The maximum atomic E-state index is 11.0. The highest BCUT2D eigenvalue weighted by Crippen LogP contribution is 2.32. The lowest BCUT2D eigenvalue weighted by molar-refractivity contribution is -0.387. The van der Waals surface area contributed by atoms with Crippen molar-refractivity contribution in [3.63, 3.8) is 0 Å². The summed E-state index contributed by atoms with van der Waals surface area (Å²) < 4.78 is 0. The third kappa shape index (κ3) is 3.24. The number of carbonyl (C=O) groups excluding carboxylic acids is 1. The molecular weight excluding hydrogens is 274 g/mol. The highest BCUT2D eigenvalue weighted by Gasteiger charge is 2.15. The van der Waals surface area contributed by atoms with Gasteiger partial charge in [-0.2, -0.15) is 0 Å². The fourth-order valence-electron chi connectivity index (χ4n) is 1.80. The van der Waals surface area contributed by atoms with Gasteiger partial charge in [-0.3, -0.25) is 14.9 Å². The summed E-state index contributed by atoms with van der Waals surface area (Å²) >= 11 is 1.40. The van der Waals surface area contributed by atoms with Gasteiger partial charge in [-0.1, -0.05) is 30.3 Å².